The van der Waals surface area contributed by atoms with E-state index in [0.29, 0.717) is 6.10 Å². The molecule has 0 bridgehead atoms. The van der Waals surface area contributed by atoms with E-state index < -0.39 is 0 Å². The molecular weight excluding hydrogens is 198 g/mol. The Bertz CT molecular complexity index is 390. The number of rotatable bonds is 2. The van der Waals surface area contributed by atoms with Crippen molar-refractivity contribution in [2.45, 2.75) is 18.9 Å². The molecule has 0 radical (unpaired) electrons. The molecule has 0 amide bonds. The molecule has 0 aromatic heterocycles. The quantitative estimate of drug-likeness (QED) is 0.818. The SMILES string of the molecule is C1=C(c2ccc(C3CCO3)cc2)CCNC1. The summed E-state index contributed by atoms with van der Waals surface area (Å²) in [6.45, 7) is 3.02. The molecule has 2 aliphatic heterocycles. The zero-order valence-corrected chi connectivity index (χ0v) is 9.41. The van der Waals surface area contributed by atoms with Crippen LogP contribution in [0.15, 0.2) is 30.3 Å². The summed E-state index contributed by atoms with van der Waals surface area (Å²) in [5, 5.41) is 3.34. The Kier molecular flexibility index (Phi) is 2.77. The summed E-state index contributed by atoms with van der Waals surface area (Å²) < 4.78 is 5.48. The van der Waals surface area contributed by atoms with Crippen molar-refractivity contribution in [1.29, 1.82) is 0 Å². The fourth-order valence-corrected chi connectivity index (χ4v) is 2.30. The highest BCUT2D eigenvalue weighted by Crippen LogP contribution is 2.30. The highest BCUT2D eigenvalue weighted by atomic mass is 16.5. The van der Waals surface area contributed by atoms with Gasteiger partial charge >= 0.3 is 0 Å². The van der Waals surface area contributed by atoms with Crippen molar-refractivity contribution in [3.63, 3.8) is 0 Å². The van der Waals surface area contributed by atoms with E-state index in [4.69, 9.17) is 4.74 Å². The van der Waals surface area contributed by atoms with E-state index in [0.717, 1.165) is 26.1 Å². The third kappa shape index (κ3) is 1.91. The molecule has 1 saturated heterocycles. The van der Waals surface area contributed by atoms with Gasteiger partial charge in [-0.2, -0.15) is 0 Å². The molecule has 2 heteroatoms. The summed E-state index contributed by atoms with van der Waals surface area (Å²) in [5.74, 6) is 0. The van der Waals surface area contributed by atoms with Crippen LogP contribution in [0.5, 0.6) is 0 Å². The standard InChI is InChI=1S/C14H17NO/c1-3-13(14-7-10-16-14)4-2-11(1)12-5-8-15-9-6-12/h1-5,14-15H,6-10H2. The lowest BCUT2D eigenvalue weighted by Crippen LogP contribution is -2.20. The van der Waals surface area contributed by atoms with Gasteiger partial charge in [0, 0.05) is 13.0 Å². The summed E-state index contributed by atoms with van der Waals surface area (Å²) in [6.07, 6.45) is 4.96. The first-order valence-corrected chi connectivity index (χ1v) is 6.05. The van der Waals surface area contributed by atoms with Gasteiger partial charge in [-0.25, -0.2) is 0 Å². The van der Waals surface area contributed by atoms with E-state index in [1.54, 1.807) is 0 Å². The maximum Gasteiger partial charge on any atom is 0.0846 e. The molecule has 2 nitrogen and oxygen atoms in total. The molecule has 1 N–H and O–H groups in total. The van der Waals surface area contributed by atoms with Crippen LogP contribution in [0.4, 0.5) is 0 Å². The van der Waals surface area contributed by atoms with Crippen molar-refractivity contribution in [1.82, 2.24) is 5.32 Å². The van der Waals surface area contributed by atoms with E-state index in [1.807, 2.05) is 0 Å². The second kappa shape index (κ2) is 4.40. The largest absolute Gasteiger partial charge is 0.373 e. The Morgan fingerprint density at radius 2 is 2.00 bits per heavy atom. The van der Waals surface area contributed by atoms with Crippen molar-refractivity contribution < 1.29 is 4.74 Å². The molecule has 1 aromatic carbocycles. The molecule has 1 unspecified atom stereocenters. The first kappa shape index (κ1) is 10.1. The van der Waals surface area contributed by atoms with Gasteiger partial charge in [0.1, 0.15) is 0 Å². The van der Waals surface area contributed by atoms with Crippen molar-refractivity contribution in [3.8, 4) is 0 Å². The molecular formula is C14H17NO. The molecule has 16 heavy (non-hydrogen) atoms. The monoisotopic (exact) mass is 215 g/mol. The second-order valence-corrected chi connectivity index (χ2v) is 4.45. The maximum absolute atomic E-state index is 5.48. The Morgan fingerprint density at radius 1 is 1.19 bits per heavy atom. The Hall–Kier alpha value is -1.12. The lowest BCUT2D eigenvalue weighted by Gasteiger charge is -2.27. The lowest BCUT2D eigenvalue weighted by atomic mass is 9.96. The van der Waals surface area contributed by atoms with E-state index in [9.17, 15) is 0 Å². The van der Waals surface area contributed by atoms with Crippen LogP contribution in [0.2, 0.25) is 0 Å². The van der Waals surface area contributed by atoms with Gasteiger partial charge in [-0.15, -0.1) is 0 Å². The van der Waals surface area contributed by atoms with Crippen LogP contribution < -0.4 is 5.32 Å². The predicted octanol–water partition coefficient (Wildman–Crippen LogP) is 2.52. The molecule has 1 fully saturated rings. The number of hydrogen-bond donors (Lipinski definition) is 1. The molecule has 3 rings (SSSR count). The zero-order chi connectivity index (χ0) is 10.8. The molecule has 0 saturated carbocycles. The van der Waals surface area contributed by atoms with Gasteiger partial charge < -0.3 is 10.1 Å². The van der Waals surface area contributed by atoms with Crippen molar-refractivity contribution in [2.75, 3.05) is 19.7 Å². The van der Waals surface area contributed by atoms with Gasteiger partial charge in [-0.3, -0.25) is 0 Å². The van der Waals surface area contributed by atoms with Gasteiger partial charge in [0.05, 0.1) is 12.7 Å². The minimum atomic E-state index is 0.357. The smallest absolute Gasteiger partial charge is 0.0846 e. The molecule has 2 heterocycles. The highest BCUT2D eigenvalue weighted by Gasteiger charge is 2.19. The van der Waals surface area contributed by atoms with Crippen LogP contribution in [0.25, 0.3) is 5.57 Å². The second-order valence-electron chi connectivity index (χ2n) is 4.45. The van der Waals surface area contributed by atoms with Gasteiger partial charge in [0.2, 0.25) is 0 Å². The van der Waals surface area contributed by atoms with Crippen LogP contribution in [0, 0.1) is 0 Å². The van der Waals surface area contributed by atoms with Gasteiger partial charge in [0.25, 0.3) is 0 Å². The van der Waals surface area contributed by atoms with E-state index in [1.165, 1.54) is 23.1 Å². The topological polar surface area (TPSA) is 21.3 Å². The fourth-order valence-electron chi connectivity index (χ4n) is 2.30. The van der Waals surface area contributed by atoms with Crippen molar-refractivity contribution >= 4 is 5.57 Å². The van der Waals surface area contributed by atoms with Crippen LogP contribution in [-0.4, -0.2) is 19.7 Å². The molecule has 1 atom stereocenters. The summed E-state index contributed by atoms with van der Waals surface area (Å²) >= 11 is 0. The number of nitrogens with one attached hydrogen (secondary N) is 1. The first-order chi connectivity index (χ1) is 7.93. The lowest BCUT2D eigenvalue weighted by molar-refractivity contribution is -0.0527. The fraction of sp³-hybridized carbons (Fsp3) is 0.429. The van der Waals surface area contributed by atoms with E-state index >= 15 is 0 Å². The Morgan fingerprint density at radius 3 is 2.56 bits per heavy atom. The van der Waals surface area contributed by atoms with Gasteiger partial charge in [0.15, 0.2) is 0 Å². The number of benzene rings is 1. The molecule has 2 aliphatic rings. The molecule has 0 aliphatic carbocycles. The van der Waals surface area contributed by atoms with Crippen molar-refractivity contribution in [3.05, 3.63) is 41.5 Å². The number of ether oxygens (including phenoxy) is 1. The molecule has 0 spiro atoms. The average molecular weight is 215 g/mol. The number of hydrogen-bond acceptors (Lipinski definition) is 2. The Labute approximate surface area is 96.3 Å². The summed E-state index contributed by atoms with van der Waals surface area (Å²) in [4.78, 5) is 0. The minimum absolute atomic E-state index is 0.357. The normalized spacial score (nSPS) is 24.8. The highest BCUT2D eigenvalue weighted by molar-refractivity contribution is 5.66. The summed E-state index contributed by atoms with van der Waals surface area (Å²) in [7, 11) is 0. The van der Waals surface area contributed by atoms with Crippen molar-refractivity contribution in [2.24, 2.45) is 0 Å². The van der Waals surface area contributed by atoms with Gasteiger partial charge in [-0.1, -0.05) is 30.3 Å². The third-order valence-electron chi connectivity index (χ3n) is 3.42. The van der Waals surface area contributed by atoms with Crippen LogP contribution >= 0.6 is 0 Å². The minimum Gasteiger partial charge on any atom is -0.373 e. The third-order valence-corrected chi connectivity index (χ3v) is 3.42. The zero-order valence-electron chi connectivity index (χ0n) is 9.41. The molecule has 1 aromatic rings. The van der Waals surface area contributed by atoms with E-state index in [-0.39, 0.29) is 0 Å². The van der Waals surface area contributed by atoms with Gasteiger partial charge in [-0.05, 0) is 29.7 Å². The summed E-state index contributed by atoms with van der Waals surface area (Å²) in [5.41, 5.74) is 4.16. The predicted molar refractivity (Wildman–Crippen MR) is 65.2 cm³/mol. The summed E-state index contributed by atoms with van der Waals surface area (Å²) in [6, 6.07) is 8.88. The van der Waals surface area contributed by atoms with Crippen LogP contribution in [0.3, 0.4) is 0 Å². The van der Waals surface area contributed by atoms with Crippen LogP contribution in [0.1, 0.15) is 30.1 Å². The van der Waals surface area contributed by atoms with E-state index in [2.05, 4.69) is 35.7 Å². The molecule has 84 valence electrons. The van der Waals surface area contributed by atoms with Crippen LogP contribution in [-0.2, 0) is 4.74 Å². The Balaban J connectivity index is 1.78. The first-order valence-electron chi connectivity index (χ1n) is 6.05. The maximum atomic E-state index is 5.48. The average Bonchev–Trinajstić information content (AvgIpc) is 2.29.